The minimum atomic E-state index is -0.547. The highest BCUT2D eigenvalue weighted by Crippen LogP contribution is 2.61. The predicted molar refractivity (Wildman–Crippen MR) is 113 cm³/mol. The topological polar surface area (TPSA) is 84.5 Å². The molecule has 4 bridgehead atoms. The monoisotopic (exact) mass is 418 g/mol. The van der Waals surface area contributed by atoms with E-state index >= 15 is 0 Å². The first kappa shape index (κ1) is 21.6. The third-order valence-corrected chi connectivity index (χ3v) is 8.55. The standard InChI is InChI=1S/C24H38N2O4/c1-15-4-3-5-20(16(15)2)26-22(28)14-30-23(29)13-25-21(27)12-24-9-17-6-18(10-24)8-19(7-17)11-24/h15-20H,3-14H2,1-2H3,(H,25,27)(H,26,28)/t15-,16+,17?,18?,19?,20+,24?/m0/s1. The Labute approximate surface area is 180 Å². The van der Waals surface area contributed by atoms with Crippen molar-refractivity contribution in [3.8, 4) is 0 Å². The number of hydrogen-bond donors (Lipinski definition) is 2. The van der Waals surface area contributed by atoms with Crippen molar-refractivity contribution < 1.29 is 19.1 Å². The summed E-state index contributed by atoms with van der Waals surface area (Å²) >= 11 is 0. The second kappa shape index (κ2) is 8.88. The molecule has 2 N–H and O–H groups in total. The highest BCUT2D eigenvalue weighted by Gasteiger charge is 2.51. The summed E-state index contributed by atoms with van der Waals surface area (Å²) in [6.07, 6.45) is 11.4. The fraction of sp³-hybridized carbons (Fsp3) is 0.875. The summed E-state index contributed by atoms with van der Waals surface area (Å²) in [4.78, 5) is 36.7. The maximum absolute atomic E-state index is 12.5. The minimum Gasteiger partial charge on any atom is -0.454 e. The Hall–Kier alpha value is -1.59. The molecular weight excluding hydrogens is 380 g/mol. The van der Waals surface area contributed by atoms with Crippen LogP contribution in [0.25, 0.3) is 0 Å². The van der Waals surface area contributed by atoms with E-state index in [0.29, 0.717) is 18.3 Å². The van der Waals surface area contributed by atoms with Crippen LogP contribution in [0.4, 0.5) is 0 Å². The van der Waals surface area contributed by atoms with Crippen LogP contribution in [0.5, 0.6) is 0 Å². The number of nitrogens with one attached hydrogen (secondary N) is 2. The normalized spacial score (nSPS) is 39.4. The number of rotatable bonds is 7. The molecule has 168 valence electrons. The van der Waals surface area contributed by atoms with E-state index in [9.17, 15) is 14.4 Å². The maximum atomic E-state index is 12.5. The Kier molecular flexibility index (Phi) is 6.40. The molecule has 0 aliphatic heterocycles. The van der Waals surface area contributed by atoms with E-state index in [2.05, 4.69) is 24.5 Å². The van der Waals surface area contributed by atoms with Crippen molar-refractivity contribution in [2.45, 2.75) is 84.1 Å². The third kappa shape index (κ3) is 5.00. The fourth-order valence-electron chi connectivity index (χ4n) is 7.31. The summed E-state index contributed by atoms with van der Waals surface area (Å²) in [5, 5.41) is 5.73. The Morgan fingerprint density at radius 2 is 1.57 bits per heavy atom. The Bertz CT molecular complexity index is 641. The van der Waals surface area contributed by atoms with Gasteiger partial charge < -0.3 is 15.4 Å². The van der Waals surface area contributed by atoms with Crippen LogP contribution in [-0.4, -0.2) is 37.0 Å². The molecule has 30 heavy (non-hydrogen) atoms. The molecule has 3 atom stereocenters. The summed E-state index contributed by atoms with van der Waals surface area (Å²) in [7, 11) is 0. The lowest BCUT2D eigenvalue weighted by Gasteiger charge is -2.56. The summed E-state index contributed by atoms with van der Waals surface area (Å²) in [5.74, 6) is 2.59. The fourth-order valence-corrected chi connectivity index (χ4v) is 7.31. The molecule has 5 fully saturated rings. The van der Waals surface area contributed by atoms with Gasteiger partial charge in [0.25, 0.3) is 5.91 Å². The van der Waals surface area contributed by atoms with Gasteiger partial charge in [0.05, 0.1) is 0 Å². The summed E-state index contributed by atoms with van der Waals surface area (Å²) in [6, 6.07) is 0.153. The van der Waals surface area contributed by atoms with Crippen molar-refractivity contribution in [3.05, 3.63) is 0 Å². The largest absolute Gasteiger partial charge is 0.454 e. The first-order valence-corrected chi connectivity index (χ1v) is 12.0. The summed E-state index contributed by atoms with van der Waals surface area (Å²) < 4.78 is 5.09. The average Bonchev–Trinajstić information content (AvgIpc) is 2.67. The molecule has 6 nitrogen and oxygen atoms in total. The van der Waals surface area contributed by atoms with E-state index in [-0.39, 0.29) is 36.4 Å². The Balaban J connectivity index is 1.14. The van der Waals surface area contributed by atoms with Crippen molar-refractivity contribution in [2.75, 3.05) is 13.2 Å². The molecule has 5 saturated carbocycles. The van der Waals surface area contributed by atoms with Crippen LogP contribution in [0.1, 0.15) is 78.1 Å². The lowest BCUT2D eigenvalue weighted by atomic mass is 9.49. The smallest absolute Gasteiger partial charge is 0.325 e. The quantitative estimate of drug-likeness (QED) is 0.622. The van der Waals surface area contributed by atoms with E-state index in [0.717, 1.165) is 30.6 Å². The lowest BCUT2D eigenvalue weighted by Crippen LogP contribution is -2.48. The highest BCUT2D eigenvalue weighted by atomic mass is 16.5. The molecule has 2 amide bonds. The second-order valence-electron chi connectivity index (χ2n) is 11.0. The number of esters is 1. The number of amides is 2. The Morgan fingerprint density at radius 3 is 2.20 bits per heavy atom. The molecule has 5 rings (SSSR count). The van der Waals surface area contributed by atoms with Gasteiger partial charge in [-0.25, -0.2) is 0 Å². The molecule has 0 spiro atoms. The van der Waals surface area contributed by atoms with Gasteiger partial charge in [-0.15, -0.1) is 0 Å². The van der Waals surface area contributed by atoms with Crippen LogP contribution in [0, 0.1) is 35.0 Å². The molecule has 0 saturated heterocycles. The van der Waals surface area contributed by atoms with E-state index in [1.54, 1.807) is 0 Å². The molecule has 0 unspecified atom stereocenters. The summed E-state index contributed by atoms with van der Waals surface area (Å²) in [6.45, 7) is 3.95. The molecule has 6 heteroatoms. The van der Waals surface area contributed by atoms with Gasteiger partial charge in [-0.3, -0.25) is 14.4 Å². The zero-order valence-corrected chi connectivity index (χ0v) is 18.6. The molecule has 5 aliphatic carbocycles. The zero-order chi connectivity index (χ0) is 21.3. The molecule has 0 radical (unpaired) electrons. The van der Waals surface area contributed by atoms with Crippen molar-refractivity contribution in [1.82, 2.24) is 10.6 Å². The first-order chi connectivity index (χ1) is 14.3. The van der Waals surface area contributed by atoms with Crippen LogP contribution >= 0.6 is 0 Å². The van der Waals surface area contributed by atoms with Gasteiger partial charge in [-0.05, 0) is 80.0 Å². The van der Waals surface area contributed by atoms with Gasteiger partial charge in [-0.1, -0.05) is 26.7 Å². The maximum Gasteiger partial charge on any atom is 0.325 e. The molecule has 0 aromatic heterocycles. The first-order valence-electron chi connectivity index (χ1n) is 12.0. The highest BCUT2D eigenvalue weighted by molar-refractivity contribution is 5.84. The predicted octanol–water partition coefficient (Wildman–Crippen LogP) is 3.19. The van der Waals surface area contributed by atoms with Crippen LogP contribution in [0.15, 0.2) is 0 Å². The van der Waals surface area contributed by atoms with Crippen LogP contribution < -0.4 is 10.6 Å². The van der Waals surface area contributed by atoms with Gasteiger partial charge in [0, 0.05) is 12.5 Å². The van der Waals surface area contributed by atoms with Gasteiger partial charge in [0.2, 0.25) is 5.91 Å². The average molecular weight is 419 g/mol. The van der Waals surface area contributed by atoms with E-state index in [4.69, 9.17) is 4.74 Å². The summed E-state index contributed by atoms with van der Waals surface area (Å²) in [5.41, 5.74) is 0.163. The van der Waals surface area contributed by atoms with Crippen molar-refractivity contribution in [1.29, 1.82) is 0 Å². The van der Waals surface area contributed by atoms with Crippen molar-refractivity contribution in [2.24, 2.45) is 35.0 Å². The van der Waals surface area contributed by atoms with Gasteiger partial charge in [-0.2, -0.15) is 0 Å². The van der Waals surface area contributed by atoms with Gasteiger partial charge in [0.1, 0.15) is 6.54 Å². The van der Waals surface area contributed by atoms with Crippen molar-refractivity contribution >= 4 is 17.8 Å². The lowest BCUT2D eigenvalue weighted by molar-refractivity contribution is -0.149. The van der Waals surface area contributed by atoms with E-state index < -0.39 is 5.97 Å². The number of carbonyl (C=O) groups is 3. The van der Waals surface area contributed by atoms with Crippen LogP contribution in [0.2, 0.25) is 0 Å². The molecule has 0 aromatic carbocycles. The van der Waals surface area contributed by atoms with E-state index in [1.165, 1.54) is 44.9 Å². The number of hydrogen-bond acceptors (Lipinski definition) is 4. The SMILES string of the molecule is C[C@@H]1[C@@H](C)CCC[C@H]1NC(=O)COC(=O)CNC(=O)CC12CC3CC(CC(C3)C1)C2. The Morgan fingerprint density at radius 1 is 0.933 bits per heavy atom. The number of carbonyl (C=O) groups excluding carboxylic acids is 3. The van der Waals surface area contributed by atoms with Gasteiger partial charge in [0.15, 0.2) is 6.61 Å². The minimum absolute atomic E-state index is 0.0524. The number of ether oxygens (including phenoxy) is 1. The molecule has 0 aromatic rings. The third-order valence-electron chi connectivity index (χ3n) is 8.55. The van der Waals surface area contributed by atoms with Crippen LogP contribution in [0.3, 0.4) is 0 Å². The van der Waals surface area contributed by atoms with Crippen molar-refractivity contribution in [3.63, 3.8) is 0 Å². The van der Waals surface area contributed by atoms with Gasteiger partial charge >= 0.3 is 5.97 Å². The molecule has 0 heterocycles. The zero-order valence-electron chi connectivity index (χ0n) is 18.6. The molecular formula is C24H38N2O4. The van der Waals surface area contributed by atoms with Crippen LogP contribution in [-0.2, 0) is 19.1 Å². The second-order valence-corrected chi connectivity index (χ2v) is 11.0. The molecule has 5 aliphatic rings. The van der Waals surface area contributed by atoms with E-state index in [1.807, 2.05) is 0 Å².